The van der Waals surface area contributed by atoms with Crippen LogP contribution < -0.4 is 0 Å². The van der Waals surface area contributed by atoms with Crippen molar-refractivity contribution in [2.75, 3.05) is 13.7 Å². The summed E-state index contributed by atoms with van der Waals surface area (Å²) >= 11 is 0. The highest BCUT2D eigenvalue weighted by Gasteiger charge is 2.45. The number of methoxy groups -OCH3 is 1. The van der Waals surface area contributed by atoms with E-state index in [1.807, 2.05) is 31.2 Å². The molecule has 1 saturated heterocycles. The molecule has 5 atom stereocenters. The molecule has 3 N–H and O–H groups in total. The molecule has 0 spiro atoms. The Balaban J connectivity index is 1.71. The molecule has 0 radical (unpaired) electrons. The van der Waals surface area contributed by atoms with E-state index >= 15 is 0 Å². The third-order valence-electron chi connectivity index (χ3n) is 6.00. The highest BCUT2D eigenvalue weighted by Crippen LogP contribution is 2.27. The van der Waals surface area contributed by atoms with Crippen LogP contribution in [-0.2, 0) is 20.6 Å². The summed E-state index contributed by atoms with van der Waals surface area (Å²) in [5.41, 5.74) is 4.17. The predicted octanol–water partition coefficient (Wildman–Crippen LogP) is 1.90. The smallest absolute Gasteiger partial charge is 0.342 e. The fourth-order valence-corrected chi connectivity index (χ4v) is 3.97. The first-order valence-electron chi connectivity index (χ1n) is 11.0. The maximum Gasteiger partial charge on any atom is 0.342 e. The largest absolute Gasteiger partial charge is 0.429 e. The summed E-state index contributed by atoms with van der Waals surface area (Å²) in [6, 6.07) is 10.7. The van der Waals surface area contributed by atoms with Crippen molar-refractivity contribution in [2.45, 2.75) is 51.0 Å². The molecule has 1 fully saturated rings. The molecule has 2 aromatic carbocycles. The number of benzene rings is 2. The van der Waals surface area contributed by atoms with Crippen LogP contribution in [0.25, 0.3) is 22.1 Å². The number of hydrogen-bond acceptors (Lipinski definition) is 9. The Hall–Kier alpha value is -2.95. The van der Waals surface area contributed by atoms with Crippen LogP contribution in [-0.4, -0.2) is 75.7 Å². The van der Waals surface area contributed by atoms with Crippen molar-refractivity contribution in [3.05, 3.63) is 59.2 Å². The number of carbonyl (C=O) groups is 1. The number of esters is 1. The van der Waals surface area contributed by atoms with Gasteiger partial charge in [-0.15, -0.1) is 0 Å². The Morgan fingerprint density at radius 3 is 2.50 bits per heavy atom. The van der Waals surface area contributed by atoms with Crippen molar-refractivity contribution >= 4 is 28.0 Å². The van der Waals surface area contributed by atoms with E-state index in [0.717, 1.165) is 11.1 Å². The first-order chi connectivity index (χ1) is 16.3. The van der Waals surface area contributed by atoms with Crippen LogP contribution in [0, 0.1) is 0 Å². The first-order valence-corrected chi connectivity index (χ1v) is 11.0. The number of nitrogens with zero attached hydrogens (tertiary/aromatic N) is 2. The third-order valence-corrected chi connectivity index (χ3v) is 6.00. The van der Waals surface area contributed by atoms with Crippen molar-refractivity contribution in [3.63, 3.8) is 0 Å². The van der Waals surface area contributed by atoms with Crippen molar-refractivity contribution in [1.82, 2.24) is 9.97 Å². The van der Waals surface area contributed by atoms with Gasteiger partial charge >= 0.3 is 5.97 Å². The van der Waals surface area contributed by atoms with Crippen LogP contribution in [0.2, 0.25) is 0 Å². The van der Waals surface area contributed by atoms with E-state index in [1.165, 1.54) is 7.11 Å². The number of aromatic nitrogens is 2. The summed E-state index contributed by atoms with van der Waals surface area (Å²) in [5.74, 6) is -0.712. The van der Waals surface area contributed by atoms with Crippen LogP contribution >= 0.6 is 0 Å². The summed E-state index contributed by atoms with van der Waals surface area (Å²) in [4.78, 5) is 22.6. The molecule has 0 aliphatic carbocycles. The molecule has 9 heteroatoms. The summed E-state index contributed by atoms with van der Waals surface area (Å²) in [5, 5.41) is 29.6. The molecule has 1 aromatic heterocycles. The Morgan fingerprint density at radius 2 is 1.79 bits per heavy atom. The molecule has 1 aliphatic rings. The highest BCUT2D eigenvalue weighted by molar-refractivity contribution is 6.03. The molecular weight excluding hydrogens is 440 g/mol. The normalized spacial score (nSPS) is 25.6. The van der Waals surface area contributed by atoms with Crippen LogP contribution in [0.1, 0.15) is 29.8 Å². The van der Waals surface area contributed by atoms with Gasteiger partial charge in [-0.25, -0.2) is 14.8 Å². The Kier molecular flexibility index (Phi) is 7.20. The lowest BCUT2D eigenvalue weighted by atomic mass is 10.00. The van der Waals surface area contributed by atoms with Crippen LogP contribution in [0.3, 0.4) is 0 Å². The van der Waals surface area contributed by atoms with E-state index in [2.05, 4.69) is 4.98 Å². The lowest BCUT2D eigenvalue weighted by Crippen LogP contribution is -2.58. The van der Waals surface area contributed by atoms with E-state index in [0.29, 0.717) is 28.5 Å². The molecule has 34 heavy (non-hydrogen) atoms. The van der Waals surface area contributed by atoms with E-state index in [-0.39, 0.29) is 12.2 Å². The Labute approximate surface area is 196 Å². The van der Waals surface area contributed by atoms with Crippen LogP contribution in [0.4, 0.5) is 0 Å². The Bertz CT molecular complexity index is 1230. The van der Waals surface area contributed by atoms with Crippen molar-refractivity contribution in [3.8, 4) is 0 Å². The number of aliphatic hydroxyl groups excluding tert-OH is 3. The second kappa shape index (κ2) is 10.1. The lowest BCUT2D eigenvalue weighted by Gasteiger charge is -2.40. The standard InChI is InChI=1S/C25H28N2O7/c1-13(12-28)10-11-15-6-4-8-17-19(15)27-20-16(7-5-9-18(20)26-17)24(31)34-25-23(32-3)22(30)21(29)14(2)33-25/h4-10,14,21-23,25,28-30H,11-12H2,1-3H3/b13-10+/t14-,21-,22+,23+,25+/m0/s1. The molecule has 0 saturated carbocycles. The zero-order valence-electron chi connectivity index (χ0n) is 19.2. The van der Waals surface area contributed by atoms with E-state index < -0.39 is 36.7 Å². The number of allylic oxidation sites excluding steroid dienone is 1. The minimum atomic E-state index is -1.28. The maximum atomic E-state index is 13.2. The zero-order chi connectivity index (χ0) is 24.4. The van der Waals surface area contributed by atoms with Crippen molar-refractivity contribution in [1.29, 1.82) is 0 Å². The SMILES string of the molecule is CO[C@H]1[C@@H](OC(=O)c2cccc3nc4cccc(C/C=C(\C)CO)c4nc23)O[C@@H](C)[C@H](O)[C@H]1O. The van der Waals surface area contributed by atoms with Crippen LogP contribution in [0.5, 0.6) is 0 Å². The second-order valence-electron chi connectivity index (χ2n) is 8.39. The van der Waals surface area contributed by atoms with Crippen molar-refractivity contribution < 1.29 is 34.3 Å². The summed E-state index contributed by atoms with van der Waals surface area (Å²) in [6.45, 7) is 3.40. The van der Waals surface area contributed by atoms with Gasteiger partial charge in [0.2, 0.25) is 6.29 Å². The van der Waals surface area contributed by atoms with Gasteiger partial charge < -0.3 is 29.5 Å². The number of hydrogen-bond donors (Lipinski definition) is 3. The van der Waals surface area contributed by atoms with Gasteiger partial charge in [-0.05, 0) is 44.0 Å². The average molecular weight is 469 g/mol. The van der Waals surface area contributed by atoms with E-state index in [4.69, 9.17) is 19.2 Å². The van der Waals surface area contributed by atoms with Gasteiger partial charge in [-0.3, -0.25) is 0 Å². The van der Waals surface area contributed by atoms with Gasteiger partial charge in [-0.1, -0.05) is 29.8 Å². The van der Waals surface area contributed by atoms with Crippen LogP contribution in [0.15, 0.2) is 48.0 Å². The van der Waals surface area contributed by atoms with Gasteiger partial charge in [0, 0.05) is 7.11 Å². The molecule has 9 nitrogen and oxygen atoms in total. The fourth-order valence-electron chi connectivity index (χ4n) is 3.97. The van der Waals surface area contributed by atoms with Gasteiger partial charge in [0.05, 0.1) is 34.8 Å². The van der Waals surface area contributed by atoms with E-state index in [1.54, 1.807) is 25.1 Å². The predicted molar refractivity (Wildman–Crippen MR) is 124 cm³/mol. The molecule has 0 bridgehead atoms. The minimum absolute atomic E-state index is 0.0224. The number of para-hydroxylation sites is 2. The monoisotopic (exact) mass is 468 g/mol. The van der Waals surface area contributed by atoms with Crippen molar-refractivity contribution in [2.24, 2.45) is 0 Å². The summed E-state index contributed by atoms with van der Waals surface area (Å²) < 4.78 is 16.4. The molecule has 2 heterocycles. The molecule has 1 aliphatic heterocycles. The molecule has 0 unspecified atom stereocenters. The molecule has 0 amide bonds. The quantitative estimate of drug-likeness (QED) is 0.282. The summed E-state index contributed by atoms with van der Waals surface area (Å²) in [7, 11) is 1.34. The molecule has 4 rings (SSSR count). The second-order valence-corrected chi connectivity index (χ2v) is 8.39. The van der Waals surface area contributed by atoms with Gasteiger partial charge in [0.1, 0.15) is 23.8 Å². The van der Waals surface area contributed by atoms with E-state index in [9.17, 15) is 20.1 Å². The minimum Gasteiger partial charge on any atom is -0.429 e. The number of rotatable bonds is 6. The highest BCUT2D eigenvalue weighted by atomic mass is 16.7. The van der Waals surface area contributed by atoms with Gasteiger partial charge in [-0.2, -0.15) is 0 Å². The molecular formula is C25H28N2O7. The molecule has 3 aromatic rings. The van der Waals surface area contributed by atoms with Gasteiger partial charge in [0.25, 0.3) is 0 Å². The first kappa shape index (κ1) is 24.2. The fraction of sp³-hybridized carbons (Fsp3) is 0.400. The zero-order valence-corrected chi connectivity index (χ0v) is 19.2. The number of aliphatic hydroxyl groups is 3. The number of ether oxygens (including phenoxy) is 3. The third kappa shape index (κ3) is 4.66. The molecule has 180 valence electrons. The lowest BCUT2D eigenvalue weighted by molar-refractivity contribution is -0.281. The summed E-state index contributed by atoms with van der Waals surface area (Å²) in [6.07, 6.45) is -2.99. The number of carbonyl (C=O) groups excluding carboxylic acids is 1. The maximum absolute atomic E-state index is 13.2. The average Bonchev–Trinajstić information content (AvgIpc) is 2.84. The topological polar surface area (TPSA) is 131 Å². The Morgan fingerprint density at radius 1 is 1.09 bits per heavy atom. The number of fused-ring (bicyclic) bond motifs is 2. The van der Waals surface area contributed by atoms with Gasteiger partial charge in [0.15, 0.2) is 0 Å².